The van der Waals surface area contributed by atoms with Crippen molar-refractivity contribution >= 4 is 5.91 Å². The first-order valence-electron chi connectivity index (χ1n) is 6.23. The molecule has 0 spiro atoms. The van der Waals surface area contributed by atoms with Crippen LogP contribution in [-0.4, -0.2) is 55.7 Å². The van der Waals surface area contributed by atoms with Gasteiger partial charge in [-0.3, -0.25) is 9.69 Å². The van der Waals surface area contributed by atoms with Crippen molar-refractivity contribution in [2.24, 2.45) is 5.92 Å². The molecule has 18 heavy (non-hydrogen) atoms. The molecule has 2 rings (SSSR count). The number of carbonyl (C=O) groups is 1. The van der Waals surface area contributed by atoms with Crippen molar-refractivity contribution in [1.82, 2.24) is 15.5 Å². The second kappa shape index (κ2) is 5.44. The first kappa shape index (κ1) is 13.6. The number of likely N-dealkylation sites (tertiary alicyclic amines) is 1. The Morgan fingerprint density at radius 3 is 2.89 bits per heavy atom. The summed E-state index contributed by atoms with van der Waals surface area (Å²) >= 11 is 0. The lowest BCUT2D eigenvalue weighted by atomic mass is 9.93. The summed E-state index contributed by atoms with van der Waals surface area (Å²) in [7, 11) is 0. The molecule has 0 radical (unpaired) electrons. The molecule has 0 aliphatic carbocycles. The minimum Gasteiger partial charge on any atom is -0.346 e. The van der Waals surface area contributed by atoms with Crippen molar-refractivity contribution in [1.29, 1.82) is 0 Å². The Labute approximate surface area is 104 Å². The summed E-state index contributed by atoms with van der Waals surface area (Å²) in [6, 6.07) is 0.527. The maximum atomic E-state index is 11.9. The highest BCUT2D eigenvalue weighted by Gasteiger charge is 2.33. The third-order valence-corrected chi connectivity index (χ3v) is 3.59. The Kier molecular flexibility index (Phi) is 4.11. The maximum Gasteiger partial charge on any atom is 0.405 e. The van der Waals surface area contributed by atoms with Crippen LogP contribution in [0.4, 0.5) is 13.2 Å². The number of hydrogen-bond acceptors (Lipinski definition) is 3. The van der Waals surface area contributed by atoms with Crippen LogP contribution in [0.1, 0.15) is 12.8 Å². The molecule has 2 unspecified atom stereocenters. The van der Waals surface area contributed by atoms with E-state index in [1.165, 1.54) is 0 Å². The van der Waals surface area contributed by atoms with Gasteiger partial charge in [-0.2, -0.15) is 13.2 Å². The van der Waals surface area contributed by atoms with E-state index in [0.717, 1.165) is 32.5 Å². The summed E-state index contributed by atoms with van der Waals surface area (Å²) in [4.78, 5) is 13.3. The molecule has 0 aromatic carbocycles. The van der Waals surface area contributed by atoms with E-state index in [0.29, 0.717) is 12.0 Å². The minimum atomic E-state index is -4.34. The molecular formula is C11H18F3N3O. The van der Waals surface area contributed by atoms with Gasteiger partial charge in [0.1, 0.15) is 6.54 Å². The Morgan fingerprint density at radius 1 is 1.39 bits per heavy atom. The first-order chi connectivity index (χ1) is 8.44. The summed E-state index contributed by atoms with van der Waals surface area (Å²) in [5, 5.41) is 5.31. The molecule has 2 N–H and O–H groups in total. The highest BCUT2D eigenvalue weighted by atomic mass is 19.4. The predicted molar refractivity (Wildman–Crippen MR) is 60.0 cm³/mol. The van der Waals surface area contributed by atoms with Crippen LogP contribution in [0.5, 0.6) is 0 Å². The van der Waals surface area contributed by atoms with Gasteiger partial charge in [-0.05, 0) is 25.3 Å². The lowest BCUT2D eigenvalue weighted by Gasteiger charge is -2.34. The summed E-state index contributed by atoms with van der Waals surface area (Å²) < 4.78 is 35.8. The Hall–Kier alpha value is -0.820. The zero-order valence-corrected chi connectivity index (χ0v) is 10.1. The molecule has 0 aromatic rings. The summed E-state index contributed by atoms with van der Waals surface area (Å²) in [6.07, 6.45) is -2.28. The molecule has 0 saturated carbocycles. The van der Waals surface area contributed by atoms with Crippen LogP contribution in [0, 0.1) is 5.92 Å². The molecule has 7 heteroatoms. The molecule has 0 bridgehead atoms. The number of alkyl halides is 3. The average molecular weight is 265 g/mol. The van der Waals surface area contributed by atoms with Crippen LogP contribution >= 0.6 is 0 Å². The normalized spacial score (nSPS) is 29.1. The van der Waals surface area contributed by atoms with Gasteiger partial charge in [-0.25, -0.2) is 0 Å². The lowest BCUT2D eigenvalue weighted by Crippen LogP contribution is -2.48. The smallest absolute Gasteiger partial charge is 0.346 e. The van der Waals surface area contributed by atoms with Crippen LogP contribution in [0.25, 0.3) is 0 Å². The fourth-order valence-electron chi connectivity index (χ4n) is 2.72. The van der Waals surface area contributed by atoms with Crippen LogP contribution < -0.4 is 10.6 Å². The summed E-state index contributed by atoms with van der Waals surface area (Å²) in [5.41, 5.74) is 0. The number of amides is 1. The van der Waals surface area contributed by atoms with E-state index in [-0.39, 0.29) is 6.54 Å². The molecule has 4 nitrogen and oxygen atoms in total. The fraction of sp³-hybridized carbons (Fsp3) is 0.909. The second-order valence-corrected chi connectivity index (χ2v) is 5.03. The number of hydrogen-bond donors (Lipinski definition) is 2. The molecular weight excluding hydrogens is 247 g/mol. The van der Waals surface area contributed by atoms with Gasteiger partial charge in [0.15, 0.2) is 0 Å². The van der Waals surface area contributed by atoms with Gasteiger partial charge in [-0.1, -0.05) is 0 Å². The molecule has 2 saturated heterocycles. The van der Waals surface area contributed by atoms with Crippen molar-refractivity contribution in [2.75, 3.05) is 32.7 Å². The molecule has 2 aliphatic rings. The first-order valence-corrected chi connectivity index (χ1v) is 6.23. The van der Waals surface area contributed by atoms with E-state index in [4.69, 9.17) is 0 Å². The molecule has 0 aromatic heterocycles. The number of piperidine rings is 1. The quantitative estimate of drug-likeness (QED) is 0.774. The zero-order chi connectivity index (χ0) is 13.2. The van der Waals surface area contributed by atoms with E-state index in [1.807, 2.05) is 10.2 Å². The summed E-state index contributed by atoms with van der Waals surface area (Å²) in [6.45, 7) is 1.40. The average Bonchev–Trinajstić information content (AvgIpc) is 2.72. The lowest BCUT2D eigenvalue weighted by molar-refractivity contribution is -0.139. The topological polar surface area (TPSA) is 44.4 Å². The van der Waals surface area contributed by atoms with Gasteiger partial charge in [0.25, 0.3) is 0 Å². The number of rotatable bonds is 3. The monoisotopic (exact) mass is 265 g/mol. The van der Waals surface area contributed by atoms with Crippen molar-refractivity contribution < 1.29 is 18.0 Å². The van der Waals surface area contributed by atoms with Gasteiger partial charge in [-0.15, -0.1) is 0 Å². The van der Waals surface area contributed by atoms with Crippen molar-refractivity contribution in [3.05, 3.63) is 0 Å². The molecule has 2 fully saturated rings. The largest absolute Gasteiger partial charge is 0.405 e. The highest BCUT2D eigenvalue weighted by molar-refractivity contribution is 5.78. The second-order valence-electron chi connectivity index (χ2n) is 5.03. The molecule has 104 valence electrons. The Bertz CT molecular complexity index is 308. The van der Waals surface area contributed by atoms with E-state index in [2.05, 4.69) is 5.32 Å². The third kappa shape index (κ3) is 3.84. The number of nitrogens with zero attached hydrogens (tertiary/aromatic N) is 1. The van der Waals surface area contributed by atoms with Gasteiger partial charge < -0.3 is 10.6 Å². The fourth-order valence-corrected chi connectivity index (χ4v) is 2.72. The van der Waals surface area contributed by atoms with Crippen LogP contribution in [0.15, 0.2) is 0 Å². The maximum absolute atomic E-state index is 11.9. The SMILES string of the molecule is O=C(CN1CCC2NCCC2C1)NCC(F)(F)F. The Morgan fingerprint density at radius 2 is 2.17 bits per heavy atom. The zero-order valence-electron chi connectivity index (χ0n) is 10.1. The van der Waals surface area contributed by atoms with Crippen LogP contribution in [0.3, 0.4) is 0 Å². The standard InChI is InChI=1S/C11H18F3N3O/c12-11(13,14)7-16-10(18)6-17-4-2-9-8(5-17)1-3-15-9/h8-9,15H,1-7H2,(H,16,18). The molecule has 2 heterocycles. The van der Waals surface area contributed by atoms with Gasteiger partial charge in [0, 0.05) is 19.1 Å². The van der Waals surface area contributed by atoms with Gasteiger partial charge >= 0.3 is 6.18 Å². The summed E-state index contributed by atoms with van der Waals surface area (Å²) in [5.74, 6) is -0.00843. The molecule has 1 amide bonds. The molecule has 2 aliphatic heterocycles. The van der Waals surface area contributed by atoms with Crippen LogP contribution in [-0.2, 0) is 4.79 Å². The van der Waals surface area contributed by atoms with E-state index in [1.54, 1.807) is 0 Å². The number of halogens is 3. The number of fused-ring (bicyclic) bond motifs is 1. The number of nitrogens with one attached hydrogen (secondary N) is 2. The molecule has 2 atom stereocenters. The van der Waals surface area contributed by atoms with Crippen molar-refractivity contribution in [3.63, 3.8) is 0 Å². The highest BCUT2D eigenvalue weighted by Crippen LogP contribution is 2.24. The van der Waals surface area contributed by atoms with E-state index >= 15 is 0 Å². The number of carbonyl (C=O) groups excluding carboxylic acids is 1. The van der Waals surface area contributed by atoms with Gasteiger partial charge in [0.2, 0.25) is 5.91 Å². The predicted octanol–water partition coefficient (Wildman–Crippen LogP) is 0.349. The van der Waals surface area contributed by atoms with Crippen LogP contribution in [0.2, 0.25) is 0 Å². The van der Waals surface area contributed by atoms with E-state index in [9.17, 15) is 18.0 Å². The van der Waals surface area contributed by atoms with Gasteiger partial charge in [0.05, 0.1) is 6.54 Å². The third-order valence-electron chi connectivity index (χ3n) is 3.59. The Balaban J connectivity index is 1.71. The van der Waals surface area contributed by atoms with E-state index < -0.39 is 18.6 Å². The minimum absolute atomic E-state index is 0.0687. The van der Waals surface area contributed by atoms with Crippen molar-refractivity contribution in [3.8, 4) is 0 Å². The van der Waals surface area contributed by atoms with Crippen molar-refractivity contribution in [2.45, 2.75) is 25.1 Å².